The lowest BCUT2D eigenvalue weighted by Crippen LogP contribution is -2.08. The third-order valence-electron chi connectivity index (χ3n) is 2.52. The fourth-order valence-corrected chi connectivity index (χ4v) is 2.97. The molecule has 1 heterocycles. The van der Waals surface area contributed by atoms with Crippen molar-refractivity contribution in [3.8, 4) is 11.3 Å². The van der Waals surface area contributed by atoms with Crippen LogP contribution >= 0.6 is 31.9 Å². The molecule has 5 heteroatoms. The van der Waals surface area contributed by atoms with Crippen molar-refractivity contribution < 1.29 is 4.42 Å². The number of oxazole rings is 1. The predicted molar refractivity (Wildman–Crippen MR) is 79.6 cm³/mol. The van der Waals surface area contributed by atoms with Gasteiger partial charge in [0.25, 0.3) is 0 Å². The van der Waals surface area contributed by atoms with E-state index >= 15 is 0 Å². The SMILES string of the molecule is CNCCCc1ncc(-c2cc(Br)cc(Br)c2)o1. The molecule has 0 aliphatic carbocycles. The molecule has 1 aromatic heterocycles. The first kappa shape index (κ1) is 13.8. The van der Waals surface area contributed by atoms with Crippen molar-refractivity contribution in [2.75, 3.05) is 13.6 Å². The topological polar surface area (TPSA) is 38.1 Å². The van der Waals surface area contributed by atoms with Crippen molar-refractivity contribution in [3.63, 3.8) is 0 Å². The lowest BCUT2D eigenvalue weighted by atomic mass is 10.2. The van der Waals surface area contributed by atoms with Crippen molar-refractivity contribution in [2.24, 2.45) is 0 Å². The number of hydrogen-bond acceptors (Lipinski definition) is 3. The van der Waals surface area contributed by atoms with Gasteiger partial charge in [0.1, 0.15) is 0 Å². The highest BCUT2D eigenvalue weighted by Gasteiger charge is 2.07. The predicted octanol–water partition coefficient (Wildman–Crippen LogP) is 4.02. The van der Waals surface area contributed by atoms with Crippen LogP contribution in [0.3, 0.4) is 0 Å². The van der Waals surface area contributed by atoms with Crippen LogP contribution in [0.5, 0.6) is 0 Å². The van der Waals surface area contributed by atoms with Gasteiger partial charge >= 0.3 is 0 Å². The number of nitrogens with zero attached hydrogens (tertiary/aromatic N) is 1. The Morgan fingerprint density at radius 3 is 2.61 bits per heavy atom. The highest BCUT2D eigenvalue weighted by atomic mass is 79.9. The maximum absolute atomic E-state index is 5.75. The molecule has 0 aliphatic heterocycles. The molecule has 3 nitrogen and oxygen atoms in total. The molecule has 0 radical (unpaired) electrons. The van der Waals surface area contributed by atoms with E-state index in [4.69, 9.17) is 4.42 Å². The largest absolute Gasteiger partial charge is 0.441 e. The van der Waals surface area contributed by atoms with Crippen LogP contribution in [0.4, 0.5) is 0 Å². The van der Waals surface area contributed by atoms with E-state index in [-0.39, 0.29) is 0 Å². The van der Waals surface area contributed by atoms with Crippen LogP contribution in [-0.4, -0.2) is 18.6 Å². The Hall–Kier alpha value is -0.650. The summed E-state index contributed by atoms with van der Waals surface area (Å²) in [6, 6.07) is 6.03. The normalized spacial score (nSPS) is 10.8. The van der Waals surface area contributed by atoms with Crippen molar-refractivity contribution in [1.82, 2.24) is 10.3 Å². The number of aromatic nitrogens is 1. The van der Waals surface area contributed by atoms with Crippen molar-refractivity contribution >= 4 is 31.9 Å². The molecular weight excluding hydrogens is 360 g/mol. The Morgan fingerprint density at radius 2 is 1.94 bits per heavy atom. The minimum Gasteiger partial charge on any atom is -0.441 e. The van der Waals surface area contributed by atoms with Gasteiger partial charge in [-0.1, -0.05) is 31.9 Å². The van der Waals surface area contributed by atoms with Crippen molar-refractivity contribution in [3.05, 3.63) is 39.2 Å². The summed E-state index contributed by atoms with van der Waals surface area (Å²) in [5.41, 5.74) is 1.02. The lowest BCUT2D eigenvalue weighted by Gasteiger charge is -1.99. The average molecular weight is 374 g/mol. The minimum absolute atomic E-state index is 0.788. The zero-order valence-corrected chi connectivity index (χ0v) is 13.2. The zero-order chi connectivity index (χ0) is 13.0. The van der Waals surface area contributed by atoms with Crippen molar-refractivity contribution in [2.45, 2.75) is 12.8 Å². The number of aryl methyl sites for hydroxylation is 1. The van der Waals surface area contributed by atoms with Gasteiger partial charge in [-0.05, 0) is 38.2 Å². The Labute approximate surface area is 123 Å². The van der Waals surface area contributed by atoms with Crippen LogP contribution in [0, 0.1) is 0 Å². The van der Waals surface area contributed by atoms with E-state index in [2.05, 4.69) is 42.2 Å². The summed E-state index contributed by atoms with van der Waals surface area (Å²) in [7, 11) is 1.94. The molecule has 0 atom stereocenters. The van der Waals surface area contributed by atoms with E-state index in [1.165, 1.54) is 0 Å². The van der Waals surface area contributed by atoms with Gasteiger partial charge in [-0.15, -0.1) is 0 Å². The molecule has 0 spiro atoms. The van der Waals surface area contributed by atoms with Crippen molar-refractivity contribution in [1.29, 1.82) is 0 Å². The molecule has 1 N–H and O–H groups in total. The Balaban J connectivity index is 2.13. The first-order valence-corrected chi connectivity index (χ1v) is 7.33. The summed E-state index contributed by atoms with van der Waals surface area (Å²) in [6.07, 6.45) is 3.66. The summed E-state index contributed by atoms with van der Waals surface area (Å²) >= 11 is 6.94. The van der Waals surface area contributed by atoms with E-state index in [0.717, 1.165) is 45.5 Å². The molecule has 0 fully saturated rings. The molecular formula is C13H14Br2N2O. The molecule has 0 unspecified atom stereocenters. The van der Waals surface area contributed by atoms with Gasteiger partial charge in [0.05, 0.1) is 6.20 Å². The fourth-order valence-electron chi connectivity index (χ4n) is 1.67. The number of halogens is 2. The van der Waals surface area contributed by atoms with Crippen LogP contribution in [0.25, 0.3) is 11.3 Å². The summed E-state index contributed by atoms with van der Waals surface area (Å²) in [5, 5.41) is 3.11. The number of benzene rings is 1. The van der Waals surface area contributed by atoms with E-state index in [0.29, 0.717) is 0 Å². The van der Waals surface area contributed by atoms with Crippen LogP contribution in [0.1, 0.15) is 12.3 Å². The first-order chi connectivity index (χ1) is 8.69. The molecule has 2 aromatic rings. The molecule has 0 bridgehead atoms. The molecule has 0 amide bonds. The van der Waals surface area contributed by atoms with Crippen LogP contribution in [0.2, 0.25) is 0 Å². The smallest absolute Gasteiger partial charge is 0.194 e. The second-order valence-corrected chi connectivity index (χ2v) is 5.81. The molecule has 96 valence electrons. The molecule has 0 saturated heterocycles. The van der Waals surface area contributed by atoms with E-state index in [1.54, 1.807) is 6.20 Å². The van der Waals surface area contributed by atoms with E-state index < -0.39 is 0 Å². The average Bonchev–Trinajstić information content (AvgIpc) is 2.77. The zero-order valence-electron chi connectivity index (χ0n) is 10.0. The number of nitrogens with one attached hydrogen (secondary N) is 1. The minimum atomic E-state index is 0.788. The fraction of sp³-hybridized carbons (Fsp3) is 0.308. The summed E-state index contributed by atoms with van der Waals surface area (Å²) in [4.78, 5) is 4.30. The third kappa shape index (κ3) is 3.67. The third-order valence-corrected chi connectivity index (χ3v) is 3.43. The van der Waals surface area contributed by atoms with Gasteiger partial charge < -0.3 is 9.73 Å². The monoisotopic (exact) mass is 372 g/mol. The van der Waals surface area contributed by atoms with Crippen LogP contribution in [-0.2, 0) is 6.42 Å². The number of rotatable bonds is 5. The highest BCUT2D eigenvalue weighted by Crippen LogP contribution is 2.28. The Morgan fingerprint density at radius 1 is 1.22 bits per heavy atom. The molecule has 0 aliphatic rings. The van der Waals surface area contributed by atoms with Gasteiger partial charge in [0.2, 0.25) is 0 Å². The van der Waals surface area contributed by atoms with Gasteiger partial charge in [0.15, 0.2) is 11.7 Å². The molecule has 1 aromatic carbocycles. The summed E-state index contributed by atoms with van der Waals surface area (Å²) in [6.45, 7) is 0.972. The van der Waals surface area contributed by atoms with Crippen LogP contribution in [0.15, 0.2) is 37.8 Å². The maximum atomic E-state index is 5.75. The highest BCUT2D eigenvalue weighted by molar-refractivity contribution is 9.11. The van der Waals surface area contributed by atoms with Gasteiger partial charge in [0, 0.05) is 20.9 Å². The lowest BCUT2D eigenvalue weighted by molar-refractivity contribution is 0.495. The van der Waals surface area contributed by atoms with Crippen LogP contribution < -0.4 is 5.32 Å². The Kier molecular flexibility index (Phi) is 4.97. The second kappa shape index (κ2) is 6.50. The van der Waals surface area contributed by atoms with E-state index in [1.807, 2.05) is 25.2 Å². The Bertz CT molecular complexity index is 505. The molecule has 18 heavy (non-hydrogen) atoms. The maximum Gasteiger partial charge on any atom is 0.194 e. The number of hydrogen-bond donors (Lipinski definition) is 1. The first-order valence-electron chi connectivity index (χ1n) is 5.75. The van der Waals surface area contributed by atoms with Gasteiger partial charge in [-0.25, -0.2) is 4.98 Å². The molecule has 0 saturated carbocycles. The second-order valence-electron chi connectivity index (χ2n) is 3.98. The summed E-state index contributed by atoms with van der Waals surface area (Å²) in [5.74, 6) is 1.59. The summed E-state index contributed by atoms with van der Waals surface area (Å²) < 4.78 is 7.77. The molecule has 2 rings (SSSR count). The van der Waals surface area contributed by atoms with Gasteiger partial charge in [-0.3, -0.25) is 0 Å². The van der Waals surface area contributed by atoms with E-state index in [9.17, 15) is 0 Å². The standard InChI is InChI=1S/C13H14Br2N2O/c1-16-4-2-3-13-17-8-12(18-13)9-5-10(14)7-11(15)6-9/h5-8,16H,2-4H2,1H3. The van der Waals surface area contributed by atoms with Gasteiger partial charge in [-0.2, -0.15) is 0 Å². The quantitative estimate of drug-likeness (QED) is 0.804.